The van der Waals surface area contributed by atoms with Crippen molar-refractivity contribution in [1.29, 1.82) is 0 Å². The second kappa shape index (κ2) is 6.75. The van der Waals surface area contributed by atoms with Crippen LogP contribution >= 0.6 is 0 Å². The predicted octanol–water partition coefficient (Wildman–Crippen LogP) is 4.33. The lowest BCUT2D eigenvalue weighted by molar-refractivity contribution is -0.123. The molecule has 2 amide bonds. The van der Waals surface area contributed by atoms with E-state index in [9.17, 15) is 9.59 Å². The fourth-order valence-electron chi connectivity index (χ4n) is 4.29. The molecule has 130 valence electrons. The van der Waals surface area contributed by atoms with Gasteiger partial charge >= 0.3 is 0 Å². The van der Waals surface area contributed by atoms with Crippen molar-refractivity contribution >= 4 is 23.6 Å². The number of anilines is 1. The number of carbonyl (C=O) groups excluding carboxylic acids is 2. The molecule has 1 saturated carbocycles. The van der Waals surface area contributed by atoms with Crippen LogP contribution in [0.25, 0.3) is 6.08 Å². The number of para-hydroxylation sites is 1. The van der Waals surface area contributed by atoms with Gasteiger partial charge in [0, 0.05) is 0 Å². The van der Waals surface area contributed by atoms with Gasteiger partial charge in [0.15, 0.2) is 0 Å². The molecular formula is C23H21NO2. The third kappa shape index (κ3) is 2.70. The fourth-order valence-corrected chi connectivity index (χ4v) is 4.29. The van der Waals surface area contributed by atoms with Crippen molar-refractivity contribution in [3.8, 4) is 0 Å². The van der Waals surface area contributed by atoms with Gasteiger partial charge in [0.2, 0.25) is 11.8 Å². The van der Waals surface area contributed by atoms with Crippen molar-refractivity contribution in [2.45, 2.75) is 6.42 Å². The largest absolute Gasteiger partial charge is 0.274 e. The molecule has 0 bridgehead atoms. The Morgan fingerprint density at radius 3 is 2.04 bits per heavy atom. The molecule has 3 nitrogen and oxygen atoms in total. The molecule has 4 atom stereocenters. The molecule has 0 radical (unpaired) electrons. The molecule has 0 unspecified atom stereocenters. The topological polar surface area (TPSA) is 37.4 Å². The van der Waals surface area contributed by atoms with Crippen molar-refractivity contribution in [3.05, 3.63) is 85.0 Å². The van der Waals surface area contributed by atoms with E-state index in [0.717, 1.165) is 12.0 Å². The van der Waals surface area contributed by atoms with Crippen LogP contribution in [0.5, 0.6) is 0 Å². The zero-order chi connectivity index (χ0) is 18.1. The number of nitrogens with zero attached hydrogens (tertiary/aromatic N) is 1. The lowest BCUT2D eigenvalue weighted by Gasteiger charge is -2.18. The molecule has 0 N–H and O–H groups in total. The van der Waals surface area contributed by atoms with E-state index in [1.165, 1.54) is 4.90 Å². The van der Waals surface area contributed by atoms with E-state index in [0.29, 0.717) is 5.69 Å². The first-order valence-electron chi connectivity index (χ1n) is 8.99. The first-order valence-corrected chi connectivity index (χ1v) is 8.99. The fraction of sp³-hybridized carbons (Fsp3) is 0.217. The Kier molecular flexibility index (Phi) is 4.29. The average Bonchev–Trinajstić information content (AvgIpc) is 3.18. The molecule has 0 aromatic heterocycles. The van der Waals surface area contributed by atoms with Crippen molar-refractivity contribution < 1.29 is 9.59 Å². The van der Waals surface area contributed by atoms with Gasteiger partial charge < -0.3 is 0 Å². The minimum absolute atomic E-state index is 0.0376. The standard InChI is InChI=1S/C23H21NO2/c1-2-17-15-18(14-13-16-9-5-3-6-10-16)21-20(17)22(25)24(23(21)26)19-11-7-4-8-12-19/h2-14,17-18,20-21H,1,15H2/b14-13+/t17-,18+,20+,21-/m0/s1. The Morgan fingerprint density at radius 1 is 0.846 bits per heavy atom. The maximum atomic E-state index is 13.1. The second-order valence-electron chi connectivity index (χ2n) is 6.97. The summed E-state index contributed by atoms with van der Waals surface area (Å²) in [6.07, 6.45) is 6.78. The highest BCUT2D eigenvalue weighted by Crippen LogP contribution is 2.49. The van der Waals surface area contributed by atoms with Crippen molar-refractivity contribution in [1.82, 2.24) is 0 Å². The normalized spacial score (nSPS) is 27.9. The number of rotatable bonds is 4. The molecule has 1 saturated heterocycles. The molecule has 1 aliphatic carbocycles. The third-order valence-electron chi connectivity index (χ3n) is 5.52. The molecule has 2 fully saturated rings. The van der Waals surface area contributed by atoms with Crippen molar-refractivity contribution in [2.24, 2.45) is 23.7 Å². The minimum atomic E-state index is -0.300. The summed E-state index contributed by atoms with van der Waals surface area (Å²) in [7, 11) is 0. The van der Waals surface area contributed by atoms with Gasteiger partial charge in [0.1, 0.15) is 0 Å². The van der Waals surface area contributed by atoms with Crippen molar-refractivity contribution in [2.75, 3.05) is 4.90 Å². The number of fused-ring (bicyclic) bond motifs is 1. The highest BCUT2D eigenvalue weighted by Gasteiger charge is 2.57. The summed E-state index contributed by atoms with van der Waals surface area (Å²) in [5.74, 6) is -0.690. The number of allylic oxidation sites excluding steroid dienone is 2. The Labute approximate surface area is 153 Å². The van der Waals surface area contributed by atoms with Gasteiger partial charge in [0.25, 0.3) is 0 Å². The maximum Gasteiger partial charge on any atom is 0.238 e. The minimum Gasteiger partial charge on any atom is -0.274 e. The molecule has 26 heavy (non-hydrogen) atoms. The molecule has 1 aliphatic heterocycles. The summed E-state index contributed by atoms with van der Waals surface area (Å²) in [5.41, 5.74) is 1.76. The Hall–Kier alpha value is -2.94. The summed E-state index contributed by atoms with van der Waals surface area (Å²) in [5, 5.41) is 0. The molecule has 3 heteroatoms. The highest BCUT2D eigenvalue weighted by atomic mass is 16.2. The van der Waals surface area contributed by atoms with E-state index in [4.69, 9.17) is 0 Å². The molecule has 4 rings (SSSR count). The molecule has 2 aliphatic rings. The summed E-state index contributed by atoms with van der Waals surface area (Å²) >= 11 is 0. The smallest absolute Gasteiger partial charge is 0.238 e. The van der Waals surface area contributed by atoms with Gasteiger partial charge in [0.05, 0.1) is 17.5 Å². The van der Waals surface area contributed by atoms with Gasteiger partial charge in [-0.05, 0) is 36.0 Å². The number of imide groups is 1. The first kappa shape index (κ1) is 16.5. The SMILES string of the molecule is C=C[C@H]1C[C@@H](/C=C/c2ccccc2)[C@@H]2C(=O)N(c3ccccc3)C(=O)[C@@H]21. The van der Waals surface area contributed by atoms with Gasteiger partial charge in [-0.1, -0.05) is 66.8 Å². The lowest BCUT2D eigenvalue weighted by atomic mass is 9.89. The summed E-state index contributed by atoms with van der Waals surface area (Å²) in [6.45, 7) is 3.91. The summed E-state index contributed by atoms with van der Waals surface area (Å²) < 4.78 is 0. The third-order valence-corrected chi connectivity index (χ3v) is 5.52. The van der Waals surface area contributed by atoms with Gasteiger partial charge in [-0.25, -0.2) is 0 Å². The molecule has 2 aromatic carbocycles. The van der Waals surface area contributed by atoms with E-state index in [2.05, 4.69) is 18.7 Å². The van der Waals surface area contributed by atoms with Crippen LogP contribution in [0.4, 0.5) is 5.69 Å². The molecule has 1 heterocycles. The van der Waals surface area contributed by atoms with Gasteiger partial charge in [-0.15, -0.1) is 6.58 Å². The molecular weight excluding hydrogens is 322 g/mol. The van der Waals surface area contributed by atoms with E-state index in [1.54, 1.807) is 0 Å². The number of carbonyl (C=O) groups is 2. The van der Waals surface area contributed by atoms with Crippen LogP contribution < -0.4 is 4.90 Å². The van der Waals surface area contributed by atoms with Gasteiger partial charge in [-0.3, -0.25) is 14.5 Å². The van der Waals surface area contributed by atoms with Crippen LogP contribution in [0.15, 0.2) is 79.4 Å². The van der Waals surface area contributed by atoms with E-state index >= 15 is 0 Å². The average molecular weight is 343 g/mol. The second-order valence-corrected chi connectivity index (χ2v) is 6.97. The Balaban J connectivity index is 1.66. The van der Waals surface area contributed by atoms with Crippen LogP contribution in [0.2, 0.25) is 0 Å². The van der Waals surface area contributed by atoms with E-state index in [-0.39, 0.29) is 35.5 Å². The summed E-state index contributed by atoms with van der Waals surface area (Å²) in [4.78, 5) is 27.5. The Bertz CT molecular complexity index is 856. The lowest BCUT2D eigenvalue weighted by Crippen LogP contribution is -2.33. The maximum absolute atomic E-state index is 13.1. The van der Waals surface area contributed by atoms with Crippen LogP contribution in [0.1, 0.15) is 12.0 Å². The zero-order valence-electron chi connectivity index (χ0n) is 14.5. The van der Waals surface area contributed by atoms with Crippen molar-refractivity contribution in [3.63, 3.8) is 0 Å². The quantitative estimate of drug-likeness (QED) is 0.612. The van der Waals surface area contributed by atoms with E-state index in [1.807, 2.05) is 66.7 Å². The molecule has 0 spiro atoms. The number of amides is 2. The number of hydrogen-bond donors (Lipinski definition) is 0. The van der Waals surface area contributed by atoms with Crippen LogP contribution in [-0.4, -0.2) is 11.8 Å². The predicted molar refractivity (Wildman–Crippen MR) is 103 cm³/mol. The molecule has 2 aromatic rings. The first-order chi connectivity index (χ1) is 12.7. The van der Waals surface area contributed by atoms with Crippen LogP contribution in [0.3, 0.4) is 0 Å². The zero-order valence-corrected chi connectivity index (χ0v) is 14.5. The summed E-state index contributed by atoms with van der Waals surface area (Å²) in [6, 6.07) is 19.2. The van der Waals surface area contributed by atoms with E-state index < -0.39 is 0 Å². The number of hydrogen-bond acceptors (Lipinski definition) is 2. The van der Waals surface area contributed by atoms with Gasteiger partial charge in [-0.2, -0.15) is 0 Å². The number of benzene rings is 2. The van der Waals surface area contributed by atoms with Crippen LogP contribution in [-0.2, 0) is 9.59 Å². The Morgan fingerprint density at radius 2 is 1.42 bits per heavy atom. The van der Waals surface area contributed by atoms with Crippen LogP contribution in [0, 0.1) is 23.7 Å². The monoisotopic (exact) mass is 343 g/mol. The highest BCUT2D eigenvalue weighted by molar-refractivity contribution is 6.22.